The lowest BCUT2D eigenvalue weighted by atomic mass is 10.2. The zero-order chi connectivity index (χ0) is 11.5. The first-order valence-electron chi connectivity index (χ1n) is 4.73. The predicted molar refractivity (Wildman–Crippen MR) is 70.4 cm³/mol. The molecular weight excluding hydrogens is 317 g/mol. The number of benzene rings is 1. The van der Waals surface area contributed by atoms with Crippen LogP contribution in [0.2, 0.25) is 0 Å². The first-order valence-corrected chi connectivity index (χ1v) is 5.81. The molecule has 0 bridgehead atoms. The van der Waals surface area contributed by atoms with Crippen LogP contribution in [0.1, 0.15) is 15.9 Å². The third-order valence-electron chi connectivity index (χ3n) is 2.15. The van der Waals surface area contributed by atoms with Gasteiger partial charge in [-0.1, -0.05) is 6.07 Å². The summed E-state index contributed by atoms with van der Waals surface area (Å²) in [6.07, 6.45) is 1.67. The van der Waals surface area contributed by atoms with Crippen molar-refractivity contribution in [3.8, 4) is 0 Å². The number of amides is 1. The van der Waals surface area contributed by atoms with Crippen LogP contribution in [0.4, 0.5) is 5.82 Å². The molecule has 1 aromatic heterocycles. The minimum absolute atomic E-state index is 0.133. The van der Waals surface area contributed by atoms with Crippen LogP contribution in [0.25, 0.3) is 0 Å². The van der Waals surface area contributed by atoms with Gasteiger partial charge in [0.25, 0.3) is 5.91 Å². The lowest BCUT2D eigenvalue weighted by Crippen LogP contribution is -2.12. The molecule has 0 aliphatic carbocycles. The van der Waals surface area contributed by atoms with Crippen LogP contribution in [-0.4, -0.2) is 16.1 Å². The number of hydrogen-bond donors (Lipinski definition) is 2. The van der Waals surface area contributed by atoms with Crippen molar-refractivity contribution in [3.05, 3.63) is 45.2 Å². The highest BCUT2D eigenvalue weighted by molar-refractivity contribution is 14.1. The number of nitrogens with zero attached hydrogens (tertiary/aromatic N) is 1. The Morgan fingerprint density at radius 2 is 2.31 bits per heavy atom. The van der Waals surface area contributed by atoms with E-state index in [0.29, 0.717) is 11.4 Å². The van der Waals surface area contributed by atoms with Crippen molar-refractivity contribution in [3.63, 3.8) is 0 Å². The Balaban J connectivity index is 2.18. The molecule has 0 spiro atoms. The van der Waals surface area contributed by atoms with Crippen LogP contribution in [0.15, 0.2) is 30.5 Å². The highest BCUT2D eigenvalue weighted by Gasteiger charge is 2.08. The van der Waals surface area contributed by atoms with Gasteiger partial charge in [0.2, 0.25) is 0 Å². The van der Waals surface area contributed by atoms with Crippen molar-refractivity contribution < 1.29 is 4.79 Å². The smallest absolute Gasteiger partial charge is 0.256 e. The zero-order valence-corrected chi connectivity index (χ0v) is 10.8. The van der Waals surface area contributed by atoms with Crippen molar-refractivity contribution in [2.75, 3.05) is 5.32 Å². The maximum Gasteiger partial charge on any atom is 0.256 e. The molecule has 16 heavy (non-hydrogen) atoms. The van der Waals surface area contributed by atoms with Gasteiger partial charge in [0, 0.05) is 14.7 Å². The van der Waals surface area contributed by atoms with Gasteiger partial charge in [-0.15, -0.1) is 0 Å². The lowest BCUT2D eigenvalue weighted by molar-refractivity contribution is 0.102. The number of halogens is 1. The van der Waals surface area contributed by atoms with Gasteiger partial charge in [-0.2, -0.15) is 5.10 Å². The SMILES string of the molecule is Cc1cn[nH]c1NC(=O)c1cccc(I)c1. The number of hydrogen-bond acceptors (Lipinski definition) is 2. The van der Waals surface area contributed by atoms with E-state index in [1.807, 2.05) is 25.1 Å². The lowest BCUT2D eigenvalue weighted by Gasteiger charge is -2.03. The van der Waals surface area contributed by atoms with E-state index < -0.39 is 0 Å². The van der Waals surface area contributed by atoms with Crippen LogP contribution >= 0.6 is 22.6 Å². The van der Waals surface area contributed by atoms with Crippen molar-refractivity contribution in [1.29, 1.82) is 0 Å². The summed E-state index contributed by atoms with van der Waals surface area (Å²) < 4.78 is 1.03. The van der Waals surface area contributed by atoms with Gasteiger partial charge in [-0.25, -0.2) is 0 Å². The second kappa shape index (κ2) is 4.65. The molecule has 0 atom stereocenters. The number of aryl methyl sites for hydroxylation is 1. The standard InChI is InChI=1S/C11H10IN3O/c1-7-6-13-15-10(7)14-11(16)8-3-2-4-9(12)5-8/h2-6H,1H3,(H2,13,14,15,16). The number of carbonyl (C=O) groups is 1. The van der Waals surface area contributed by atoms with E-state index in [2.05, 4.69) is 38.1 Å². The van der Waals surface area contributed by atoms with E-state index >= 15 is 0 Å². The van der Waals surface area contributed by atoms with E-state index in [0.717, 1.165) is 9.13 Å². The largest absolute Gasteiger partial charge is 0.307 e. The molecule has 5 heteroatoms. The van der Waals surface area contributed by atoms with Crippen LogP contribution in [0.5, 0.6) is 0 Å². The third kappa shape index (κ3) is 2.41. The molecule has 82 valence electrons. The summed E-state index contributed by atoms with van der Waals surface area (Å²) in [5.41, 5.74) is 1.56. The van der Waals surface area contributed by atoms with Gasteiger partial charge in [0.05, 0.1) is 6.20 Å². The Morgan fingerprint density at radius 1 is 1.50 bits per heavy atom. The quantitative estimate of drug-likeness (QED) is 0.833. The molecule has 1 heterocycles. The number of H-pyrrole nitrogens is 1. The molecule has 4 nitrogen and oxygen atoms in total. The molecular formula is C11H10IN3O. The predicted octanol–water partition coefficient (Wildman–Crippen LogP) is 2.58. The molecule has 0 aliphatic rings. The Morgan fingerprint density at radius 3 is 2.94 bits per heavy atom. The first kappa shape index (κ1) is 11.1. The molecule has 0 fully saturated rings. The number of anilines is 1. The van der Waals surface area contributed by atoms with Crippen molar-refractivity contribution in [1.82, 2.24) is 10.2 Å². The molecule has 0 saturated heterocycles. The maximum absolute atomic E-state index is 11.9. The summed E-state index contributed by atoms with van der Waals surface area (Å²) in [5, 5.41) is 9.36. The highest BCUT2D eigenvalue weighted by atomic mass is 127. The van der Waals surface area contributed by atoms with Crippen molar-refractivity contribution in [2.45, 2.75) is 6.92 Å². The average molecular weight is 327 g/mol. The van der Waals surface area contributed by atoms with Crippen molar-refractivity contribution >= 4 is 34.3 Å². The molecule has 1 amide bonds. The maximum atomic E-state index is 11.9. The second-order valence-electron chi connectivity index (χ2n) is 3.39. The van der Waals surface area contributed by atoms with Gasteiger partial charge in [0.1, 0.15) is 5.82 Å². The summed E-state index contributed by atoms with van der Waals surface area (Å²) in [7, 11) is 0. The van der Waals surface area contributed by atoms with E-state index in [1.54, 1.807) is 12.3 Å². The fourth-order valence-electron chi connectivity index (χ4n) is 1.29. The molecule has 0 saturated carbocycles. The van der Waals surface area contributed by atoms with Gasteiger partial charge in [-0.3, -0.25) is 9.89 Å². The Labute approximate surface area is 107 Å². The Hall–Kier alpha value is -1.37. The van der Waals surface area contributed by atoms with Gasteiger partial charge in [0.15, 0.2) is 0 Å². The van der Waals surface area contributed by atoms with E-state index in [4.69, 9.17) is 0 Å². The van der Waals surface area contributed by atoms with Crippen LogP contribution in [0, 0.1) is 10.5 Å². The topological polar surface area (TPSA) is 57.8 Å². The molecule has 0 radical (unpaired) electrons. The molecule has 0 unspecified atom stereocenters. The molecule has 2 aromatic rings. The van der Waals surface area contributed by atoms with Gasteiger partial charge < -0.3 is 5.32 Å². The third-order valence-corrected chi connectivity index (χ3v) is 2.83. The van der Waals surface area contributed by atoms with E-state index in [1.165, 1.54) is 0 Å². The minimum atomic E-state index is -0.133. The number of rotatable bonds is 2. The number of aromatic amines is 1. The van der Waals surface area contributed by atoms with Crippen molar-refractivity contribution in [2.24, 2.45) is 0 Å². The van der Waals surface area contributed by atoms with Crippen LogP contribution < -0.4 is 5.32 Å². The number of nitrogens with one attached hydrogen (secondary N) is 2. The fourth-order valence-corrected chi connectivity index (χ4v) is 1.83. The second-order valence-corrected chi connectivity index (χ2v) is 4.64. The average Bonchev–Trinajstić information content (AvgIpc) is 2.64. The normalized spacial score (nSPS) is 10.1. The summed E-state index contributed by atoms with van der Waals surface area (Å²) >= 11 is 2.18. The van der Waals surface area contributed by atoms with E-state index in [9.17, 15) is 4.79 Å². The summed E-state index contributed by atoms with van der Waals surface area (Å²) in [6, 6.07) is 7.42. The Bertz CT molecular complexity index is 521. The molecule has 2 N–H and O–H groups in total. The molecule has 2 rings (SSSR count). The van der Waals surface area contributed by atoms with Gasteiger partial charge in [-0.05, 0) is 47.7 Å². The number of carbonyl (C=O) groups excluding carboxylic acids is 1. The van der Waals surface area contributed by atoms with Crippen LogP contribution in [-0.2, 0) is 0 Å². The zero-order valence-electron chi connectivity index (χ0n) is 8.62. The minimum Gasteiger partial charge on any atom is -0.307 e. The fraction of sp³-hybridized carbons (Fsp3) is 0.0909. The first-order chi connectivity index (χ1) is 7.66. The van der Waals surface area contributed by atoms with E-state index in [-0.39, 0.29) is 5.91 Å². The summed E-state index contributed by atoms with van der Waals surface area (Å²) in [5.74, 6) is 0.509. The van der Waals surface area contributed by atoms with Crippen LogP contribution in [0.3, 0.4) is 0 Å². The molecule has 1 aromatic carbocycles. The van der Waals surface area contributed by atoms with Gasteiger partial charge >= 0.3 is 0 Å². The molecule has 0 aliphatic heterocycles. The number of aromatic nitrogens is 2. The summed E-state index contributed by atoms with van der Waals surface area (Å²) in [6.45, 7) is 1.88. The summed E-state index contributed by atoms with van der Waals surface area (Å²) in [4.78, 5) is 11.9. The Kier molecular flexibility index (Phi) is 3.23. The highest BCUT2D eigenvalue weighted by Crippen LogP contribution is 2.12. The monoisotopic (exact) mass is 327 g/mol.